The van der Waals surface area contributed by atoms with Gasteiger partial charge >= 0.3 is 0 Å². The van der Waals surface area contributed by atoms with E-state index in [0.29, 0.717) is 17.1 Å². The molecule has 28 heavy (non-hydrogen) atoms. The van der Waals surface area contributed by atoms with E-state index in [1.54, 1.807) is 18.2 Å². The first-order valence-corrected chi connectivity index (χ1v) is 9.13. The van der Waals surface area contributed by atoms with Gasteiger partial charge in [-0.05, 0) is 42.3 Å². The van der Waals surface area contributed by atoms with Crippen molar-refractivity contribution in [3.63, 3.8) is 0 Å². The van der Waals surface area contributed by atoms with Crippen LogP contribution in [0.3, 0.4) is 0 Å². The van der Waals surface area contributed by atoms with Gasteiger partial charge in [0.2, 0.25) is 5.91 Å². The number of hydrogen-bond donors (Lipinski definition) is 1. The summed E-state index contributed by atoms with van der Waals surface area (Å²) in [5.74, 6) is 0.661. The van der Waals surface area contributed by atoms with E-state index in [0.717, 1.165) is 15.6 Å². The van der Waals surface area contributed by atoms with Crippen molar-refractivity contribution < 1.29 is 14.1 Å². The van der Waals surface area contributed by atoms with Crippen molar-refractivity contribution in [2.75, 3.05) is 0 Å². The number of nitrogens with one attached hydrogen (secondary N) is 1. The molecule has 0 bridgehead atoms. The Morgan fingerprint density at radius 1 is 1.21 bits per heavy atom. The maximum atomic E-state index is 11.9. The molecule has 0 fully saturated rings. The smallest absolute Gasteiger partial charge is 0.270 e. The number of benzene rings is 2. The average molecular weight is 442 g/mol. The summed E-state index contributed by atoms with van der Waals surface area (Å²) < 4.78 is 6.62. The second-order valence-corrected chi connectivity index (χ2v) is 6.97. The van der Waals surface area contributed by atoms with E-state index in [2.05, 4.69) is 26.5 Å². The van der Waals surface area contributed by atoms with Gasteiger partial charge in [0.05, 0.1) is 17.6 Å². The van der Waals surface area contributed by atoms with Crippen LogP contribution in [0.15, 0.2) is 68.6 Å². The third kappa shape index (κ3) is 4.92. The SMILES string of the molecule is Cc1ccc([N+](=O)[O-])cc1-c1ccc(/C=N/NC(=O)Cc2ccc(Br)cc2)o1. The largest absolute Gasteiger partial charge is 0.455 e. The highest BCUT2D eigenvalue weighted by Crippen LogP contribution is 2.28. The lowest BCUT2D eigenvalue weighted by Crippen LogP contribution is -2.19. The Morgan fingerprint density at radius 3 is 2.68 bits per heavy atom. The zero-order valence-electron chi connectivity index (χ0n) is 14.9. The summed E-state index contributed by atoms with van der Waals surface area (Å²) >= 11 is 3.35. The zero-order valence-corrected chi connectivity index (χ0v) is 16.5. The molecule has 0 radical (unpaired) electrons. The van der Waals surface area contributed by atoms with Gasteiger partial charge in [0.25, 0.3) is 5.69 Å². The molecular formula is C20H16BrN3O4. The summed E-state index contributed by atoms with van der Waals surface area (Å²) in [7, 11) is 0. The number of nitro groups is 1. The van der Waals surface area contributed by atoms with Crippen LogP contribution >= 0.6 is 15.9 Å². The van der Waals surface area contributed by atoms with Crippen LogP contribution in [-0.2, 0) is 11.2 Å². The van der Waals surface area contributed by atoms with E-state index < -0.39 is 4.92 Å². The fourth-order valence-electron chi connectivity index (χ4n) is 2.55. The Hall–Kier alpha value is -3.26. The number of amides is 1. The van der Waals surface area contributed by atoms with Crippen LogP contribution in [-0.4, -0.2) is 17.0 Å². The van der Waals surface area contributed by atoms with E-state index in [-0.39, 0.29) is 18.0 Å². The fourth-order valence-corrected chi connectivity index (χ4v) is 2.82. The maximum Gasteiger partial charge on any atom is 0.270 e. The van der Waals surface area contributed by atoms with Gasteiger partial charge < -0.3 is 4.42 Å². The molecule has 8 heteroatoms. The van der Waals surface area contributed by atoms with Crippen LogP contribution in [0, 0.1) is 17.0 Å². The summed E-state index contributed by atoms with van der Waals surface area (Å²) in [5, 5.41) is 14.9. The normalized spacial score (nSPS) is 10.9. The highest BCUT2D eigenvalue weighted by atomic mass is 79.9. The Kier molecular flexibility index (Phi) is 6.00. The number of hydrazone groups is 1. The molecule has 1 aromatic heterocycles. The van der Waals surface area contributed by atoms with Gasteiger partial charge in [-0.1, -0.05) is 34.1 Å². The van der Waals surface area contributed by atoms with Crippen LogP contribution in [0.2, 0.25) is 0 Å². The summed E-state index contributed by atoms with van der Waals surface area (Å²) in [4.78, 5) is 22.4. The average Bonchev–Trinajstić information content (AvgIpc) is 3.12. The molecule has 0 saturated heterocycles. The molecule has 2 aromatic carbocycles. The van der Waals surface area contributed by atoms with E-state index in [4.69, 9.17) is 4.42 Å². The van der Waals surface area contributed by atoms with Gasteiger partial charge in [-0.15, -0.1) is 0 Å². The second-order valence-electron chi connectivity index (χ2n) is 6.05. The van der Waals surface area contributed by atoms with E-state index >= 15 is 0 Å². The molecule has 0 unspecified atom stereocenters. The molecule has 0 spiro atoms. The molecular weight excluding hydrogens is 426 g/mol. The molecule has 0 atom stereocenters. The molecule has 142 valence electrons. The number of carbonyl (C=O) groups is 1. The van der Waals surface area contributed by atoms with Crippen molar-refractivity contribution in [1.82, 2.24) is 5.43 Å². The van der Waals surface area contributed by atoms with Crippen LogP contribution < -0.4 is 5.43 Å². The number of halogens is 1. The molecule has 3 rings (SSSR count). The maximum absolute atomic E-state index is 11.9. The van der Waals surface area contributed by atoms with Crippen molar-refractivity contribution in [3.05, 3.63) is 86.1 Å². The lowest BCUT2D eigenvalue weighted by molar-refractivity contribution is -0.384. The molecule has 0 saturated carbocycles. The molecule has 3 aromatic rings. The van der Waals surface area contributed by atoms with Gasteiger partial charge in [0.1, 0.15) is 11.5 Å². The molecule has 1 heterocycles. The van der Waals surface area contributed by atoms with Crippen LogP contribution in [0.5, 0.6) is 0 Å². The summed E-state index contributed by atoms with van der Waals surface area (Å²) in [5.41, 5.74) is 4.80. The summed E-state index contributed by atoms with van der Waals surface area (Å²) in [6.07, 6.45) is 1.59. The predicted molar refractivity (Wildman–Crippen MR) is 109 cm³/mol. The molecule has 0 aliphatic carbocycles. The van der Waals surface area contributed by atoms with Crippen molar-refractivity contribution in [3.8, 4) is 11.3 Å². The minimum atomic E-state index is -0.449. The van der Waals surface area contributed by atoms with Gasteiger partial charge in [0, 0.05) is 22.2 Å². The third-order valence-electron chi connectivity index (χ3n) is 3.98. The first-order chi connectivity index (χ1) is 13.4. The van der Waals surface area contributed by atoms with Crippen molar-refractivity contribution in [2.24, 2.45) is 5.10 Å². The van der Waals surface area contributed by atoms with Crippen molar-refractivity contribution >= 4 is 33.7 Å². The number of hydrogen-bond acceptors (Lipinski definition) is 5. The molecule has 0 aliphatic rings. The van der Waals surface area contributed by atoms with Gasteiger partial charge in [-0.3, -0.25) is 14.9 Å². The second kappa shape index (κ2) is 8.62. The van der Waals surface area contributed by atoms with Crippen LogP contribution in [0.1, 0.15) is 16.9 Å². The highest BCUT2D eigenvalue weighted by Gasteiger charge is 2.13. The number of nitrogens with zero attached hydrogens (tertiary/aromatic N) is 2. The third-order valence-corrected chi connectivity index (χ3v) is 4.51. The van der Waals surface area contributed by atoms with E-state index in [1.165, 1.54) is 18.3 Å². The standard InChI is InChI=1S/C20H16BrN3O4/c1-13-2-7-16(24(26)27)11-18(13)19-9-8-17(28-19)12-22-23-20(25)10-14-3-5-15(21)6-4-14/h2-9,11-12H,10H2,1H3,(H,23,25)/b22-12+. The summed E-state index contributed by atoms with van der Waals surface area (Å²) in [6.45, 7) is 1.84. The first kappa shape index (κ1) is 19.5. The molecule has 7 nitrogen and oxygen atoms in total. The quantitative estimate of drug-likeness (QED) is 0.342. The number of aryl methyl sites for hydroxylation is 1. The monoisotopic (exact) mass is 441 g/mol. The highest BCUT2D eigenvalue weighted by molar-refractivity contribution is 9.10. The number of furan rings is 1. The minimum absolute atomic E-state index is 0.00702. The number of carbonyl (C=O) groups excluding carboxylic acids is 1. The Balaban J connectivity index is 1.64. The summed E-state index contributed by atoms with van der Waals surface area (Å²) in [6, 6.07) is 15.4. The molecule has 1 amide bonds. The van der Waals surface area contributed by atoms with Crippen molar-refractivity contribution in [2.45, 2.75) is 13.3 Å². The lowest BCUT2D eigenvalue weighted by atomic mass is 10.1. The lowest BCUT2D eigenvalue weighted by Gasteiger charge is -2.02. The predicted octanol–water partition coefficient (Wildman–Crippen LogP) is 4.62. The topological polar surface area (TPSA) is 97.7 Å². The fraction of sp³-hybridized carbons (Fsp3) is 0.100. The van der Waals surface area contributed by atoms with E-state index in [1.807, 2.05) is 31.2 Å². The van der Waals surface area contributed by atoms with Crippen LogP contribution in [0.4, 0.5) is 5.69 Å². The Morgan fingerprint density at radius 2 is 1.96 bits per heavy atom. The number of non-ortho nitro benzene ring substituents is 1. The Bertz CT molecular complexity index is 1040. The Labute approximate surface area is 169 Å². The van der Waals surface area contributed by atoms with Crippen LogP contribution in [0.25, 0.3) is 11.3 Å². The zero-order chi connectivity index (χ0) is 20.1. The first-order valence-electron chi connectivity index (χ1n) is 8.34. The van der Waals surface area contributed by atoms with Gasteiger partial charge in [-0.25, -0.2) is 5.43 Å². The van der Waals surface area contributed by atoms with E-state index in [9.17, 15) is 14.9 Å². The molecule has 0 aliphatic heterocycles. The van der Waals surface area contributed by atoms with Crippen molar-refractivity contribution in [1.29, 1.82) is 0 Å². The van der Waals surface area contributed by atoms with Gasteiger partial charge in [0.15, 0.2) is 0 Å². The number of rotatable bonds is 6. The van der Waals surface area contributed by atoms with Gasteiger partial charge in [-0.2, -0.15) is 5.10 Å². The minimum Gasteiger partial charge on any atom is -0.455 e. The molecule has 1 N–H and O–H groups in total. The number of nitro benzene ring substituents is 1.